The van der Waals surface area contributed by atoms with E-state index in [-0.39, 0.29) is 0 Å². The monoisotopic (exact) mass is 240 g/mol. The Hall–Kier alpha value is -1.32. The van der Waals surface area contributed by atoms with Crippen molar-refractivity contribution >= 4 is 29.5 Å². The highest BCUT2D eigenvalue weighted by molar-refractivity contribution is 6.33. The van der Waals surface area contributed by atoms with Gasteiger partial charge < -0.3 is 0 Å². The van der Waals surface area contributed by atoms with E-state index in [4.69, 9.17) is 23.2 Å². The highest BCUT2D eigenvalue weighted by atomic mass is 35.5. The second kappa shape index (κ2) is 4.04. The smallest absolute Gasteiger partial charge is 0.153 e. The molecule has 1 aromatic heterocycles. The van der Waals surface area contributed by atoms with E-state index in [1.165, 1.54) is 10.9 Å². The molecular formula is C10H6Cl2N2O. The molecule has 0 spiro atoms. The molecule has 0 aliphatic rings. The maximum absolute atomic E-state index is 10.9. The van der Waals surface area contributed by atoms with Crippen LogP contribution < -0.4 is 0 Å². The van der Waals surface area contributed by atoms with Crippen LogP contribution in [0.4, 0.5) is 0 Å². The zero-order chi connectivity index (χ0) is 10.8. The Balaban J connectivity index is 2.62. The topological polar surface area (TPSA) is 34.9 Å². The average molecular weight is 241 g/mol. The number of carbonyl (C=O) groups is 1. The molecule has 2 aromatic rings. The lowest BCUT2D eigenvalue weighted by Crippen LogP contribution is -1.99. The van der Waals surface area contributed by atoms with Gasteiger partial charge in [-0.2, -0.15) is 5.10 Å². The number of aldehydes is 1. The second-order valence-electron chi connectivity index (χ2n) is 2.89. The van der Waals surface area contributed by atoms with Crippen LogP contribution in [-0.4, -0.2) is 16.1 Å². The van der Waals surface area contributed by atoms with E-state index in [9.17, 15) is 4.79 Å². The van der Waals surface area contributed by atoms with Crippen LogP contribution in [0.3, 0.4) is 0 Å². The summed E-state index contributed by atoms with van der Waals surface area (Å²) < 4.78 is 1.51. The summed E-state index contributed by atoms with van der Waals surface area (Å²) >= 11 is 11.6. The number of hydrogen-bond acceptors (Lipinski definition) is 2. The van der Waals surface area contributed by atoms with Crippen molar-refractivity contribution < 1.29 is 4.79 Å². The first kappa shape index (κ1) is 10.2. The lowest BCUT2D eigenvalue weighted by molar-refractivity contribution is 0.112. The summed E-state index contributed by atoms with van der Waals surface area (Å²) in [7, 11) is 0. The van der Waals surface area contributed by atoms with Gasteiger partial charge in [-0.3, -0.25) is 4.79 Å². The Labute approximate surface area is 96.2 Å². The number of carbonyl (C=O) groups excluding carboxylic acids is 1. The van der Waals surface area contributed by atoms with Gasteiger partial charge in [-0.1, -0.05) is 29.3 Å². The van der Waals surface area contributed by atoms with Gasteiger partial charge >= 0.3 is 0 Å². The highest BCUT2D eigenvalue weighted by Crippen LogP contribution is 2.21. The van der Waals surface area contributed by atoms with Crippen LogP contribution >= 0.6 is 23.2 Å². The highest BCUT2D eigenvalue weighted by Gasteiger charge is 2.08. The summed E-state index contributed by atoms with van der Waals surface area (Å²) in [6, 6.07) is 5.15. The molecule has 1 aromatic carbocycles. The van der Waals surface area contributed by atoms with Gasteiger partial charge in [-0.05, 0) is 12.1 Å². The maximum Gasteiger partial charge on any atom is 0.153 e. The molecule has 5 heteroatoms. The summed E-state index contributed by atoms with van der Waals surface area (Å²) in [4.78, 5) is 10.9. The van der Waals surface area contributed by atoms with Crippen LogP contribution in [0.1, 0.15) is 10.4 Å². The molecular weight excluding hydrogens is 235 g/mol. The summed E-state index contributed by atoms with van der Waals surface area (Å²) in [6.45, 7) is 0. The van der Waals surface area contributed by atoms with Crippen LogP contribution in [0, 0.1) is 0 Å². The second-order valence-corrected chi connectivity index (χ2v) is 3.74. The predicted octanol–water partition coefficient (Wildman–Crippen LogP) is 2.99. The van der Waals surface area contributed by atoms with Gasteiger partial charge in [0, 0.05) is 6.20 Å². The number of rotatable bonds is 2. The third-order valence-corrected chi connectivity index (χ3v) is 2.47. The molecule has 0 aliphatic carbocycles. The molecule has 0 aliphatic heterocycles. The number of nitrogens with zero attached hydrogens (tertiary/aromatic N) is 2. The summed E-state index contributed by atoms with van der Waals surface area (Å²) in [5, 5.41) is 4.91. The van der Waals surface area contributed by atoms with Crippen molar-refractivity contribution in [2.45, 2.75) is 0 Å². The Kier molecular flexibility index (Phi) is 2.75. The average Bonchev–Trinajstić information content (AvgIpc) is 2.64. The van der Waals surface area contributed by atoms with Gasteiger partial charge in [-0.25, -0.2) is 4.68 Å². The number of halogens is 2. The van der Waals surface area contributed by atoms with E-state index < -0.39 is 0 Å². The molecule has 0 amide bonds. The number of benzene rings is 1. The minimum absolute atomic E-state index is 0.397. The van der Waals surface area contributed by atoms with E-state index >= 15 is 0 Å². The van der Waals surface area contributed by atoms with Gasteiger partial charge in [0.25, 0.3) is 0 Å². The lowest BCUT2D eigenvalue weighted by atomic mass is 10.2. The van der Waals surface area contributed by atoms with Crippen molar-refractivity contribution in [3.05, 3.63) is 46.2 Å². The van der Waals surface area contributed by atoms with Crippen molar-refractivity contribution in [3.63, 3.8) is 0 Å². The fraction of sp³-hybridized carbons (Fsp3) is 0. The third kappa shape index (κ3) is 1.89. The Morgan fingerprint density at radius 3 is 2.73 bits per heavy atom. The fourth-order valence-electron chi connectivity index (χ4n) is 1.27. The van der Waals surface area contributed by atoms with E-state index in [1.807, 2.05) is 0 Å². The Bertz CT molecular complexity index is 508. The van der Waals surface area contributed by atoms with Crippen LogP contribution in [-0.2, 0) is 0 Å². The Morgan fingerprint density at radius 2 is 2.13 bits per heavy atom. The van der Waals surface area contributed by atoms with Gasteiger partial charge in [0.05, 0.1) is 27.5 Å². The van der Waals surface area contributed by atoms with E-state index in [0.29, 0.717) is 27.6 Å². The maximum atomic E-state index is 10.9. The molecule has 1 heterocycles. The quantitative estimate of drug-likeness (QED) is 0.757. The molecule has 3 nitrogen and oxygen atoms in total. The van der Waals surface area contributed by atoms with Crippen molar-refractivity contribution in [1.29, 1.82) is 0 Å². The van der Waals surface area contributed by atoms with Crippen LogP contribution in [0.5, 0.6) is 0 Å². The molecule has 0 saturated heterocycles. The van der Waals surface area contributed by atoms with Crippen molar-refractivity contribution in [2.24, 2.45) is 0 Å². The predicted molar refractivity (Wildman–Crippen MR) is 59.0 cm³/mol. The standard InChI is InChI=1S/C10H6Cl2N2O/c11-7-4-13-14(5-7)10-3-1-2-9(12)8(10)6-15/h1-6H. The molecule has 0 saturated carbocycles. The van der Waals surface area contributed by atoms with E-state index in [1.54, 1.807) is 24.4 Å². The SMILES string of the molecule is O=Cc1c(Cl)cccc1-n1cc(Cl)cn1. The van der Waals surface area contributed by atoms with E-state index in [2.05, 4.69) is 5.10 Å². The van der Waals surface area contributed by atoms with Gasteiger partial charge in [0.2, 0.25) is 0 Å². The molecule has 0 bridgehead atoms. The Morgan fingerprint density at radius 1 is 1.33 bits per heavy atom. The van der Waals surface area contributed by atoms with Gasteiger partial charge in [0.1, 0.15) is 0 Å². The molecule has 0 unspecified atom stereocenters. The van der Waals surface area contributed by atoms with Crippen molar-refractivity contribution in [2.75, 3.05) is 0 Å². The van der Waals surface area contributed by atoms with Gasteiger partial charge in [0.15, 0.2) is 6.29 Å². The first-order valence-corrected chi connectivity index (χ1v) is 4.92. The van der Waals surface area contributed by atoms with Gasteiger partial charge in [-0.15, -0.1) is 0 Å². The molecule has 0 radical (unpaired) electrons. The lowest BCUT2D eigenvalue weighted by Gasteiger charge is -2.05. The zero-order valence-electron chi connectivity index (χ0n) is 7.52. The van der Waals surface area contributed by atoms with Crippen molar-refractivity contribution in [1.82, 2.24) is 9.78 Å². The number of aromatic nitrogens is 2. The minimum Gasteiger partial charge on any atom is -0.298 e. The van der Waals surface area contributed by atoms with Crippen LogP contribution in [0.25, 0.3) is 5.69 Å². The summed E-state index contributed by atoms with van der Waals surface area (Å²) in [5.74, 6) is 0. The molecule has 2 rings (SSSR count). The summed E-state index contributed by atoms with van der Waals surface area (Å²) in [6.07, 6.45) is 3.81. The van der Waals surface area contributed by atoms with Crippen molar-refractivity contribution in [3.8, 4) is 5.69 Å². The first-order chi connectivity index (χ1) is 7.22. The molecule has 0 atom stereocenters. The molecule has 0 N–H and O–H groups in total. The normalized spacial score (nSPS) is 10.3. The van der Waals surface area contributed by atoms with Crippen LogP contribution in [0.15, 0.2) is 30.6 Å². The largest absolute Gasteiger partial charge is 0.298 e. The van der Waals surface area contributed by atoms with Crippen LogP contribution in [0.2, 0.25) is 10.0 Å². The minimum atomic E-state index is 0.397. The first-order valence-electron chi connectivity index (χ1n) is 4.16. The van der Waals surface area contributed by atoms with E-state index in [0.717, 1.165) is 0 Å². The number of hydrogen-bond donors (Lipinski definition) is 0. The fourth-order valence-corrected chi connectivity index (χ4v) is 1.62. The summed E-state index contributed by atoms with van der Waals surface area (Å²) in [5.41, 5.74) is 1.02. The molecule has 0 fully saturated rings. The third-order valence-electron chi connectivity index (χ3n) is 1.95. The molecule has 76 valence electrons. The molecule has 15 heavy (non-hydrogen) atoms. The zero-order valence-corrected chi connectivity index (χ0v) is 9.03.